The van der Waals surface area contributed by atoms with Gasteiger partial charge in [0.25, 0.3) is 5.91 Å². The van der Waals surface area contributed by atoms with E-state index >= 15 is 0 Å². The fourth-order valence-corrected chi connectivity index (χ4v) is 4.08. The molecule has 2 saturated heterocycles. The summed E-state index contributed by atoms with van der Waals surface area (Å²) in [4.78, 5) is 30.5. The maximum atomic E-state index is 12.9. The number of hydrogen-bond donors (Lipinski definition) is 0. The number of aryl methyl sites for hydroxylation is 1. The Morgan fingerprint density at radius 1 is 0.931 bits per heavy atom. The van der Waals surface area contributed by atoms with Gasteiger partial charge in [-0.3, -0.25) is 4.79 Å². The summed E-state index contributed by atoms with van der Waals surface area (Å²) in [6, 6.07) is 10.5. The van der Waals surface area contributed by atoms with Crippen molar-refractivity contribution in [1.29, 1.82) is 0 Å². The Morgan fingerprint density at radius 2 is 1.66 bits per heavy atom. The highest BCUT2D eigenvalue weighted by Gasteiger charge is 2.24. The second-order valence-electron chi connectivity index (χ2n) is 7.80. The van der Waals surface area contributed by atoms with Crippen LogP contribution in [0, 0.1) is 6.92 Å². The Balaban J connectivity index is 1.38. The van der Waals surface area contributed by atoms with Crippen LogP contribution < -0.4 is 9.80 Å². The van der Waals surface area contributed by atoms with Crippen molar-refractivity contribution >= 4 is 17.4 Å². The molecule has 0 aliphatic carbocycles. The van der Waals surface area contributed by atoms with Crippen molar-refractivity contribution in [2.45, 2.75) is 13.8 Å². The minimum Gasteiger partial charge on any atom is -0.368 e. The van der Waals surface area contributed by atoms with E-state index in [4.69, 9.17) is 0 Å². The Bertz CT molecular complexity index is 841. The van der Waals surface area contributed by atoms with Crippen LogP contribution in [0.25, 0.3) is 0 Å². The normalized spacial score (nSPS) is 18.2. The molecular weight excluding hydrogens is 364 g/mol. The van der Waals surface area contributed by atoms with Gasteiger partial charge in [-0.05, 0) is 31.2 Å². The number of amides is 1. The number of anilines is 2. The first-order valence-corrected chi connectivity index (χ1v) is 10.5. The molecule has 7 heteroatoms. The number of piperazine rings is 2. The SMILES string of the molecule is CCN1CCN(C(=O)c2cc(N3CCN(c4cccc(C)c4)CC3)ncn2)CC1. The van der Waals surface area contributed by atoms with Gasteiger partial charge in [-0.25, -0.2) is 9.97 Å². The zero-order chi connectivity index (χ0) is 20.2. The van der Waals surface area contributed by atoms with Gasteiger partial charge in [0.1, 0.15) is 17.8 Å². The summed E-state index contributed by atoms with van der Waals surface area (Å²) in [5.74, 6) is 0.863. The lowest BCUT2D eigenvalue weighted by atomic mass is 10.2. The molecule has 2 fully saturated rings. The van der Waals surface area contributed by atoms with E-state index in [9.17, 15) is 4.79 Å². The molecule has 3 heterocycles. The highest BCUT2D eigenvalue weighted by atomic mass is 16.2. The third-order valence-corrected chi connectivity index (χ3v) is 5.95. The van der Waals surface area contributed by atoms with Crippen LogP contribution in [-0.4, -0.2) is 84.6 Å². The lowest BCUT2D eigenvalue weighted by molar-refractivity contribution is 0.0637. The number of carbonyl (C=O) groups excluding carboxylic acids is 1. The van der Waals surface area contributed by atoms with E-state index in [-0.39, 0.29) is 5.91 Å². The van der Waals surface area contributed by atoms with E-state index in [0.29, 0.717) is 5.69 Å². The molecule has 2 aromatic rings. The molecule has 2 aliphatic heterocycles. The molecule has 29 heavy (non-hydrogen) atoms. The molecular formula is C22H30N6O. The smallest absolute Gasteiger partial charge is 0.272 e. The average molecular weight is 395 g/mol. The van der Waals surface area contributed by atoms with Crippen molar-refractivity contribution in [2.75, 3.05) is 68.7 Å². The lowest BCUT2D eigenvalue weighted by Gasteiger charge is -2.37. The molecule has 0 N–H and O–H groups in total. The Kier molecular flexibility index (Phi) is 5.94. The van der Waals surface area contributed by atoms with Crippen molar-refractivity contribution in [3.63, 3.8) is 0 Å². The van der Waals surface area contributed by atoms with E-state index < -0.39 is 0 Å². The van der Waals surface area contributed by atoms with Crippen LogP contribution in [0.4, 0.5) is 11.5 Å². The zero-order valence-electron chi connectivity index (χ0n) is 17.4. The van der Waals surface area contributed by atoms with Crippen molar-refractivity contribution < 1.29 is 4.79 Å². The van der Waals surface area contributed by atoms with E-state index in [2.05, 4.69) is 62.8 Å². The number of likely N-dealkylation sites (N-methyl/N-ethyl adjacent to an activating group) is 1. The molecule has 1 aromatic carbocycles. The van der Waals surface area contributed by atoms with Gasteiger partial charge in [-0.1, -0.05) is 19.1 Å². The fourth-order valence-electron chi connectivity index (χ4n) is 4.08. The van der Waals surface area contributed by atoms with E-state index in [1.165, 1.54) is 17.6 Å². The van der Waals surface area contributed by atoms with Gasteiger partial charge >= 0.3 is 0 Å². The first kappa shape index (κ1) is 19.6. The Morgan fingerprint density at radius 3 is 2.34 bits per heavy atom. The van der Waals surface area contributed by atoms with E-state index in [0.717, 1.165) is 64.7 Å². The molecule has 1 amide bonds. The van der Waals surface area contributed by atoms with Gasteiger partial charge in [0, 0.05) is 64.1 Å². The lowest BCUT2D eigenvalue weighted by Crippen LogP contribution is -2.49. The van der Waals surface area contributed by atoms with Gasteiger partial charge < -0.3 is 19.6 Å². The summed E-state index contributed by atoms with van der Waals surface area (Å²) in [5, 5.41) is 0. The van der Waals surface area contributed by atoms with Crippen LogP contribution in [0.2, 0.25) is 0 Å². The van der Waals surface area contributed by atoms with Crippen LogP contribution in [0.15, 0.2) is 36.7 Å². The molecule has 0 atom stereocenters. The molecule has 4 rings (SSSR count). The number of nitrogens with zero attached hydrogens (tertiary/aromatic N) is 6. The van der Waals surface area contributed by atoms with Crippen LogP contribution in [0.5, 0.6) is 0 Å². The minimum absolute atomic E-state index is 0.0165. The number of aromatic nitrogens is 2. The number of rotatable bonds is 4. The number of carbonyl (C=O) groups is 1. The third-order valence-electron chi connectivity index (χ3n) is 5.95. The van der Waals surface area contributed by atoms with Crippen LogP contribution in [-0.2, 0) is 0 Å². The highest BCUT2D eigenvalue weighted by molar-refractivity contribution is 5.93. The summed E-state index contributed by atoms with van der Waals surface area (Å²) in [6.45, 7) is 12.4. The topological polar surface area (TPSA) is 55.8 Å². The molecule has 7 nitrogen and oxygen atoms in total. The predicted octanol–water partition coefficient (Wildman–Crippen LogP) is 1.89. The zero-order valence-corrected chi connectivity index (χ0v) is 17.4. The number of benzene rings is 1. The van der Waals surface area contributed by atoms with E-state index in [1.54, 1.807) is 0 Å². The van der Waals surface area contributed by atoms with Crippen LogP contribution in [0.3, 0.4) is 0 Å². The van der Waals surface area contributed by atoms with Gasteiger partial charge in [-0.2, -0.15) is 0 Å². The van der Waals surface area contributed by atoms with E-state index in [1.807, 2.05) is 11.0 Å². The summed E-state index contributed by atoms with van der Waals surface area (Å²) in [6.07, 6.45) is 1.53. The molecule has 0 radical (unpaired) electrons. The maximum Gasteiger partial charge on any atom is 0.272 e. The molecule has 0 bridgehead atoms. The maximum absolute atomic E-state index is 12.9. The predicted molar refractivity (Wildman–Crippen MR) is 116 cm³/mol. The number of hydrogen-bond acceptors (Lipinski definition) is 6. The molecule has 0 unspecified atom stereocenters. The van der Waals surface area contributed by atoms with Crippen LogP contribution in [0.1, 0.15) is 23.0 Å². The average Bonchev–Trinajstić information content (AvgIpc) is 2.79. The second kappa shape index (κ2) is 8.78. The minimum atomic E-state index is 0.0165. The second-order valence-corrected chi connectivity index (χ2v) is 7.80. The monoisotopic (exact) mass is 394 g/mol. The highest BCUT2D eigenvalue weighted by Crippen LogP contribution is 2.21. The Labute approximate surface area is 172 Å². The van der Waals surface area contributed by atoms with Gasteiger partial charge in [0.2, 0.25) is 0 Å². The third kappa shape index (κ3) is 4.50. The van der Waals surface area contributed by atoms with Gasteiger partial charge in [0.05, 0.1) is 0 Å². The molecule has 154 valence electrons. The molecule has 1 aromatic heterocycles. The molecule has 0 saturated carbocycles. The fraction of sp³-hybridized carbons (Fsp3) is 0.500. The summed E-state index contributed by atoms with van der Waals surface area (Å²) in [7, 11) is 0. The first-order valence-electron chi connectivity index (χ1n) is 10.5. The van der Waals surface area contributed by atoms with Gasteiger partial charge in [0.15, 0.2) is 0 Å². The quantitative estimate of drug-likeness (QED) is 0.789. The van der Waals surface area contributed by atoms with Crippen molar-refractivity contribution in [2.24, 2.45) is 0 Å². The van der Waals surface area contributed by atoms with Crippen molar-refractivity contribution in [1.82, 2.24) is 19.8 Å². The molecule has 0 spiro atoms. The van der Waals surface area contributed by atoms with Gasteiger partial charge in [-0.15, -0.1) is 0 Å². The largest absolute Gasteiger partial charge is 0.368 e. The summed E-state index contributed by atoms with van der Waals surface area (Å²) in [5.41, 5.74) is 3.05. The van der Waals surface area contributed by atoms with Crippen molar-refractivity contribution in [3.05, 3.63) is 47.9 Å². The standard InChI is InChI=1S/C22H30N6O/c1-3-25-7-9-28(10-8-25)22(29)20-16-21(24-17-23-20)27-13-11-26(12-14-27)19-6-4-5-18(2)15-19/h4-6,15-17H,3,7-14H2,1-2H3. The first-order chi connectivity index (χ1) is 14.1. The van der Waals surface area contributed by atoms with Crippen LogP contribution >= 0.6 is 0 Å². The summed E-state index contributed by atoms with van der Waals surface area (Å²) < 4.78 is 0. The summed E-state index contributed by atoms with van der Waals surface area (Å²) >= 11 is 0. The Hall–Kier alpha value is -2.67. The molecule has 2 aliphatic rings. The van der Waals surface area contributed by atoms with Crippen molar-refractivity contribution in [3.8, 4) is 0 Å².